The van der Waals surface area contributed by atoms with Gasteiger partial charge in [-0.25, -0.2) is 4.79 Å². The normalized spacial score (nSPS) is 10.9. The molecule has 0 radical (unpaired) electrons. The lowest BCUT2D eigenvalue weighted by atomic mass is 10.1. The first-order valence-corrected chi connectivity index (χ1v) is 10.8. The molecule has 0 atom stereocenters. The van der Waals surface area contributed by atoms with Crippen LogP contribution in [0, 0.1) is 0 Å². The molecule has 2 N–H and O–H groups in total. The molecule has 31 heavy (non-hydrogen) atoms. The van der Waals surface area contributed by atoms with Crippen LogP contribution >= 0.6 is 0 Å². The van der Waals surface area contributed by atoms with E-state index in [1.54, 1.807) is 6.08 Å². The molecule has 0 aliphatic carbocycles. The average Bonchev–Trinajstić information content (AvgIpc) is 2.78. The Bertz CT molecular complexity index is 817. The maximum atomic E-state index is 11.8. The highest BCUT2D eigenvalue weighted by atomic mass is 16.6. The molecule has 0 heterocycles. The number of benzene rings is 2. The summed E-state index contributed by atoms with van der Waals surface area (Å²) in [5.74, 6) is 0.942. The number of rotatable bonds is 14. The molecule has 0 unspecified atom stereocenters. The van der Waals surface area contributed by atoms with E-state index in [1.165, 1.54) is 6.08 Å². The van der Waals surface area contributed by atoms with Gasteiger partial charge in [-0.05, 0) is 54.8 Å². The van der Waals surface area contributed by atoms with Crippen LogP contribution in [0.4, 0.5) is 5.69 Å². The molecule has 2 aromatic rings. The summed E-state index contributed by atoms with van der Waals surface area (Å²) in [6.07, 6.45) is 5.87. The third kappa shape index (κ3) is 9.57. The van der Waals surface area contributed by atoms with Crippen molar-refractivity contribution in [2.24, 2.45) is 0 Å². The Morgan fingerprint density at radius 2 is 1.71 bits per heavy atom. The van der Waals surface area contributed by atoms with E-state index in [0.29, 0.717) is 37.9 Å². The minimum Gasteiger partial charge on any atom is -0.490 e. The number of hydrogen-bond donors (Lipinski definition) is 1. The molecule has 0 saturated heterocycles. The van der Waals surface area contributed by atoms with Crippen LogP contribution in [0.1, 0.15) is 37.8 Å². The lowest BCUT2D eigenvalue weighted by Crippen LogP contribution is -2.08. The van der Waals surface area contributed by atoms with Gasteiger partial charge >= 0.3 is 5.97 Å². The van der Waals surface area contributed by atoms with Crippen molar-refractivity contribution in [3.63, 3.8) is 0 Å². The van der Waals surface area contributed by atoms with Crippen molar-refractivity contribution in [1.82, 2.24) is 0 Å². The predicted molar refractivity (Wildman–Crippen MR) is 123 cm³/mol. The van der Waals surface area contributed by atoms with Gasteiger partial charge in [0, 0.05) is 24.8 Å². The summed E-state index contributed by atoms with van der Waals surface area (Å²) in [5, 5.41) is 0. The standard InChI is InChI=1S/C25H33NO5/c1-3-5-15-29-24-19-21(9-13-25(27)31-18-17-28-4-2)8-12-23(24)30-16-14-20-6-10-22(26)11-7-20/h6-13,19H,3-5,14-18,26H2,1-2H3/b13-9-. The summed E-state index contributed by atoms with van der Waals surface area (Å²) >= 11 is 0. The average molecular weight is 428 g/mol. The summed E-state index contributed by atoms with van der Waals surface area (Å²) in [7, 11) is 0. The highest BCUT2D eigenvalue weighted by Crippen LogP contribution is 2.29. The van der Waals surface area contributed by atoms with Crippen LogP contribution in [0.3, 0.4) is 0 Å². The van der Waals surface area contributed by atoms with Gasteiger partial charge in [0.05, 0.1) is 19.8 Å². The second kappa shape index (κ2) is 14.1. The van der Waals surface area contributed by atoms with Crippen molar-refractivity contribution in [2.45, 2.75) is 33.1 Å². The van der Waals surface area contributed by atoms with E-state index < -0.39 is 5.97 Å². The molecule has 0 aliphatic rings. The zero-order valence-corrected chi connectivity index (χ0v) is 18.5. The molecule has 0 amide bonds. The Hall–Kier alpha value is -2.99. The van der Waals surface area contributed by atoms with Crippen LogP contribution in [0.25, 0.3) is 6.08 Å². The Morgan fingerprint density at radius 1 is 0.935 bits per heavy atom. The van der Waals surface area contributed by atoms with E-state index in [0.717, 1.165) is 36.1 Å². The Balaban J connectivity index is 1.96. The van der Waals surface area contributed by atoms with Gasteiger partial charge in [0.2, 0.25) is 0 Å². The molecule has 2 rings (SSSR count). The van der Waals surface area contributed by atoms with Crippen molar-refractivity contribution in [1.29, 1.82) is 0 Å². The summed E-state index contributed by atoms with van der Waals surface area (Å²) in [6.45, 7) is 6.38. The van der Waals surface area contributed by atoms with Crippen molar-refractivity contribution in [3.8, 4) is 11.5 Å². The predicted octanol–water partition coefficient (Wildman–Crippen LogP) is 4.66. The number of carbonyl (C=O) groups excluding carboxylic acids is 1. The third-order valence-electron chi connectivity index (χ3n) is 4.44. The third-order valence-corrected chi connectivity index (χ3v) is 4.44. The number of ether oxygens (including phenoxy) is 4. The Morgan fingerprint density at radius 3 is 2.45 bits per heavy atom. The molecule has 168 valence electrons. The van der Waals surface area contributed by atoms with Crippen LogP contribution in [0.2, 0.25) is 0 Å². The van der Waals surface area contributed by atoms with E-state index in [9.17, 15) is 4.79 Å². The number of nitrogens with two attached hydrogens (primary N) is 1. The highest BCUT2D eigenvalue weighted by molar-refractivity contribution is 5.87. The molecule has 0 saturated carbocycles. The van der Waals surface area contributed by atoms with Gasteiger partial charge in [-0.3, -0.25) is 0 Å². The first-order valence-electron chi connectivity index (χ1n) is 10.8. The van der Waals surface area contributed by atoms with Gasteiger partial charge in [-0.2, -0.15) is 0 Å². The Kier molecular flexibility index (Phi) is 11.0. The van der Waals surface area contributed by atoms with Crippen molar-refractivity contribution in [3.05, 3.63) is 59.7 Å². The molecule has 0 aliphatic heterocycles. The first kappa shape index (κ1) is 24.3. The summed E-state index contributed by atoms with van der Waals surface area (Å²) in [4.78, 5) is 11.8. The zero-order chi connectivity index (χ0) is 22.3. The maximum Gasteiger partial charge on any atom is 0.330 e. The summed E-state index contributed by atoms with van der Waals surface area (Å²) in [5.41, 5.74) is 8.47. The molecule has 0 bridgehead atoms. The van der Waals surface area contributed by atoms with E-state index in [-0.39, 0.29) is 6.61 Å². The van der Waals surface area contributed by atoms with Crippen molar-refractivity contribution >= 4 is 17.7 Å². The first-order chi connectivity index (χ1) is 15.1. The van der Waals surface area contributed by atoms with Gasteiger partial charge in [-0.15, -0.1) is 0 Å². The van der Waals surface area contributed by atoms with Crippen LogP contribution in [0.5, 0.6) is 11.5 Å². The van der Waals surface area contributed by atoms with Crippen LogP contribution in [-0.2, 0) is 20.7 Å². The fourth-order valence-corrected chi connectivity index (χ4v) is 2.71. The highest BCUT2D eigenvalue weighted by Gasteiger charge is 2.07. The van der Waals surface area contributed by atoms with Crippen LogP contribution in [0.15, 0.2) is 48.5 Å². The second-order valence-electron chi connectivity index (χ2n) is 6.95. The van der Waals surface area contributed by atoms with Gasteiger partial charge in [0.1, 0.15) is 6.61 Å². The molecule has 2 aromatic carbocycles. The van der Waals surface area contributed by atoms with Gasteiger partial charge in [-0.1, -0.05) is 31.5 Å². The quantitative estimate of drug-likeness (QED) is 0.204. The number of nitrogen functional groups attached to an aromatic ring is 1. The van der Waals surface area contributed by atoms with Gasteiger partial charge < -0.3 is 24.7 Å². The number of carbonyl (C=O) groups is 1. The number of hydrogen-bond acceptors (Lipinski definition) is 6. The molecule has 0 spiro atoms. The smallest absolute Gasteiger partial charge is 0.330 e. The molecular formula is C25H33NO5. The number of esters is 1. The van der Waals surface area contributed by atoms with E-state index >= 15 is 0 Å². The molecule has 6 heteroatoms. The monoisotopic (exact) mass is 427 g/mol. The fourth-order valence-electron chi connectivity index (χ4n) is 2.71. The van der Waals surface area contributed by atoms with Gasteiger partial charge in [0.25, 0.3) is 0 Å². The van der Waals surface area contributed by atoms with Gasteiger partial charge in [0.15, 0.2) is 11.5 Å². The zero-order valence-electron chi connectivity index (χ0n) is 18.5. The topological polar surface area (TPSA) is 80.0 Å². The summed E-state index contributed by atoms with van der Waals surface area (Å²) < 4.78 is 22.1. The van der Waals surface area contributed by atoms with E-state index in [1.807, 2.05) is 49.4 Å². The fraction of sp³-hybridized carbons (Fsp3) is 0.400. The number of unbranched alkanes of at least 4 members (excludes halogenated alkanes) is 1. The van der Waals surface area contributed by atoms with Crippen molar-refractivity contribution < 1.29 is 23.7 Å². The lowest BCUT2D eigenvalue weighted by Gasteiger charge is -2.13. The molecule has 6 nitrogen and oxygen atoms in total. The van der Waals surface area contributed by atoms with Crippen molar-refractivity contribution in [2.75, 3.05) is 38.8 Å². The SMILES string of the molecule is CCCCOc1cc(/C=C\C(=O)OCCOCC)ccc1OCCc1ccc(N)cc1. The van der Waals surface area contributed by atoms with E-state index in [2.05, 4.69) is 6.92 Å². The maximum absolute atomic E-state index is 11.8. The van der Waals surface area contributed by atoms with Crippen LogP contribution in [-0.4, -0.2) is 39.0 Å². The Labute approximate surface area is 184 Å². The number of anilines is 1. The second-order valence-corrected chi connectivity index (χ2v) is 6.95. The lowest BCUT2D eigenvalue weighted by molar-refractivity contribution is -0.139. The molecule has 0 aromatic heterocycles. The molecule has 0 fully saturated rings. The minimum atomic E-state index is -0.406. The van der Waals surface area contributed by atoms with Crippen LogP contribution < -0.4 is 15.2 Å². The summed E-state index contributed by atoms with van der Waals surface area (Å²) in [6, 6.07) is 13.4. The van der Waals surface area contributed by atoms with E-state index in [4.69, 9.17) is 24.7 Å². The largest absolute Gasteiger partial charge is 0.490 e. The molecular weight excluding hydrogens is 394 g/mol. The minimum absolute atomic E-state index is 0.239.